The van der Waals surface area contributed by atoms with E-state index in [1.807, 2.05) is 4.72 Å². The summed E-state index contributed by atoms with van der Waals surface area (Å²) in [6, 6.07) is 8.01. The zero-order valence-electron chi connectivity index (χ0n) is 30.9. The number of hydrogen-bond acceptors (Lipinski definition) is 11. The number of fused-ring (bicyclic) bond motifs is 1. The molecule has 20 heteroatoms. The molecule has 57 heavy (non-hydrogen) atoms. The minimum Gasteiger partial charge on any atom is -0.480 e. The molecule has 1 atom stereocenters. The van der Waals surface area contributed by atoms with Crippen LogP contribution in [0.3, 0.4) is 0 Å². The van der Waals surface area contributed by atoms with E-state index in [4.69, 9.17) is 4.74 Å². The maximum Gasteiger partial charge on any atom is 0.332 e. The van der Waals surface area contributed by atoms with Gasteiger partial charge < -0.3 is 25.0 Å². The first-order chi connectivity index (χ1) is 26.9. The second kappa shape index (κ2) is 15.5. The van der Waals surface area contributed by atoms with Crippen molar-refractivity contribution >= 4 is 62.6 Å². The molecule has 2 aliphatic heterocycles. The average Bonchev–Trinajstić information content (AvgIpc) is 3.33. The van der Waals surface area contributed by atoms with Crippen molar-refractivity contribution in [1.82, 2.24) is 20.2 Å². The van der Waals surface area contributed by atoms with Crippen LogP contribution in [-0.2, 0) is 30.8 Å². The Hall–Kier alpha value is -6.54. The molecule has 5 amide bonds. The van der Waals surface area contributed by atoms with Gasteiger partial charge in [0.1, 0.15) is 42.5 Å². The summed E-state index contributed by atoms with van der Waals surface area (Å²) >= 11 is 0. The number of likely N-dealkylation sites (N-methyl/N-ethyl adjacent to an activating group) is 1. The Morgan fingerprint density at radius 3 is 2.33 bits per heavy atom. The molecule has 1 saturated heterocycles. The molecule has 2 aromatic heterocycles. The van der Waals surface area contributed by atoms with Crippen molar-refractivity contribution in [2.75, 3.05) is 47.0 Å². The van der Waals surface area contributed by atoms with E-state index in [1.54, 1.807) is 50.2 Å². The molecule has 0 aliphatic carbocycles. The molecular weight excluding hydrogens is 771 g/mol. The maximum atomic E-state index is 15.2. The standard InChI is InChI=1S/C37H36F2N8O9S/c1-37(2)35(52)47(36(53)45(37)4)22-7-9-23(10-8-22)57(54,55)43-29-16-26(38)25(15-27(29)39)32(48)42-28(34(50)51)11-5-21-6-12-31(41-17-21)46-20-56-19-44(3)30-18-40-14-13-24(30)33(46)49/h6-10,12-18,28,43H,5,11,19-20H2,1-4H3,(H,42,48)(H,50,51)/t28-/m0/s1. The minimum absolute atomic E-state index is 0.0759. The van der Waals surface area contributed by atoms with Gasteiger partial charge in [-0.15, -0.1) is 0 Å². The number of hydrogen-bond donors (Lipinski definition) is 3. The first-order valence-electron chi connectivity index (χ1n) is 17.2. The van der Waals surface area contributed by atoms with Gasteiger partial charge in [0.05, 0.1) is 39.3 Å². The Kier molecular flexibility index (Phi) is 10.9. The van der Waals surface area contributed by atoms with Crippen LogP contribution in [0.5, 0.6) is 0 Å². The minimum atomic E-state index is -4.55. The molecule has 6 rings (SSSR count). The van der Waals surface area contributed by atoms with E-state index >= 15 is 8.78 Å². The number of nitrogens with zero attached hydrogens (tertiary/aromatic N) is 6. The van der Waals surface area contributed by atoms with Crippen LogP contribution < -0.4 is 24.7 Å². The summed E-state index contributed by atoms with van der Waals surface area (Å²) < 4.78 is 64.1. The highest BCUT2D eigenvalue weighted by atomic mass is 32.2. The molecule has 0 unspecified atom stereocenters. The first kappa shape index (κ1) is 40.1. The number of benzene rings is 2. The van der Waals surface area contributed by atoms with Crippen LogP contribution in [0, 0.1) is 11.6 Å². The Morgan fingerprint density at radius 1 is 0.982 bits per heavy atom. The quantitative estimate of drug-likeness (QED) is 0.186. The molecule has 0 bridgehead atoms. The van der Waals surface area contributed by atoms with E-state index in [2.05, 4.69) is 15.3 Å². The van der Waals surface area contributed by atoms with E-state index in [9.17, 15) is 37.5 Å². The molecule has 3 N–H and O–H groups in total. The van der Waals surface area contributed by atoms with Gasteiger partial charge in [0.15, 0.2) is 0 Å². The van der Waals surface area contributed by atoms with Crippen LogP contribution >= 0.6 is 0 Å². The number of nitrogens with one attached hydrogen (secondary N) is 2. The number of carboxylic acid groups (broad SMARTS) is 1. The number of sulfonamides is 1. The van der Waals surface area contributed by atoms with Gasteiger partial charge in [0, 0.05) is 32.6 Å². The molecule has 0 spiro atoms. The Morgan fingerprint density at radius 2 is 1.70 bits per heavy atom. The van der Waals surface area contributed by atoms with Crippen LogP contribution in [-0.4, -0.2) is 97.3 Å². The van der Waals surface area contributed by atoms with Gasteiger partial charge in [0.25, 0.3) is 27.7 Å². The zero-order valence-corrected chi connectivity index (χ0v) is 31.7. The van der Waals surface area contributed by atoms with Gasteiger partial charge in [-0.25, -0.2) is 36.7 Å². The highest BCUT2D eigenvalue weighted by Gasteiger charge is 2.50. The molecule has 0 saturated carbocycles. The Labute approximate surface area is 324 Å². The van der Waals surface area contributed by atoms with Crippen molar-refractivity contribution in [3.8, 4) is 0 Å². The van der Waals surface area contributed by atoms with Crippen molar-refractivity contribution in [1.29, 1.82) is 0 Å². The van der Waals surface area contributed by atoms with E-state index in [1.165, 1.54) is 41.4 Å². The van der Waals surface area contributed by atoms with Crippen LogP contribution in [0.1, 0.15) is 46.5 Å². The van der Waals surface area contributed by atoms with Crippen LogP contribution in [0.25, 0.3) is 0 Å². The smallest absolute Gasteiger partial charge is 0.332 e. The summed E-state index contributed by atoms with van der Waals surface area (Å²) in [6.45, 7) is 3.21. The summed E-state index contributed by atoms with van der Waals surface area (Å²) in [6.07, 6.45) is 4.37. The predicted octanol–water partition coefficient (Wildman–Crippen LogP) is 3.58. The second-order valence-corrected chi connectivity index (χ2v) is 15.3. The van der Waals surface area contributed by atoms with E-state index in [-0.39, 0.29) is 43.7 Å². The van der Waals surface area contributed by atoms with Gasteiger partial charge in [-0.3, -0.25) is 29.0 Å². The topological polar surface area (TPSA) is 212 Å². The van der Waals surface area contributed by atoms with Gasteiger partial charge in [-0.05, 0) is 74.7 Å². The lowest BCUT2D eigenvalue weighted by Gasteiger charge is -2.30. The number of imide groups is 1. The highest BCUT2D eigenvalue weighted by molar-refractivity contribution is 7.92. The second-order valence-electron chi connectivity index (χ2n) is 13.7. The number of carbonyl (C=O) groups excluding carboxylic acids is 4. The predicted molar refractivity (Wildman–Crippen MR) is 200 cm³/mol. The summed E-state index contributed by atoms with van der Waals surface area (Å²) in [5, 5.41) is 12.0. The normalized spacial score (nSPS) is 16.2. The van der Waals surface area contributed by atoms with Gasteiger partial charge in [-0.1, -0.05) is 6.07 Å². The van der Waals surface area contributed by atoms with Crippen LogP contribution in [0.4, 0.5) is 36.5 Å². The number of urea groups is 1. The number of aromatic nitrogens is 2. The first-order valence-corrected chi connectivity index (χ1v) is 18.7. The van der Waals surface area contributed by atoms with Crippen molar-refractivity contribution in [3.63, 3.8) is 0 Å². The Bertz CT molecular complexity index is 2380. The SMILES string of the molecule is CN1COCN(c2ccc(CC[C@H](NC(=O)c3cc(F)c(NS(=O)(=O)c4ccc(N5C(=O)N(C)C(C)(C)C5=O)cc4)cc3F)C(=O)O)cn2)C(=O)c2ccncc21. The molecule has 4 heterocycles. The molecular formula is C37H36F2N8O9S. The fourth-order valence-corrected chi connectivity index (χ4v) is 7.07. The average molecular weight is 807 g/mol. The highest BCUT2D eigenvalue weighted by Crippen LogP contribution is 2.32. The molecule has 0 radical (unpaired) electrons. The van der Waals surface area contributed by atoms with Crippen molar-refractivity contribution in [2.45, 2.75) is 43.2 Å². The fourth-order valence-electron chi connectivity index (χ4n) is 6.01. The molecule has 17 nitrogen and oxygen atoms in total. The summed E-state index contributed by atoms with van der Waals surface area (Å²) in [5.74, 6) is -6.05. The van der Waals surface area contributed by atoms with Crippen molar-refractivity contribution in [2.24, 2.45) is 0 Å². The molecule has 1 fully saturated rings. The zero-order chi connectivity index (χ0) is 41.4. The van der Waals surface area contributed by atoms with Crippen molar-refractivity contribution < 1.29 is 51.0 Å². The number of anilines is 4. The lowest BCUT2D eigenvalue weighted by molar-refractivity contribution is -0.139. The molecule has 2 aromatic carbocycles. The molecule has 4 aromatic rings. The Balaban J connectivity index is 1.09. The van der Waals surface area contributed by atoms with E-state index < -0.39 is 73.2 Å². The molecule has 298 valence electrons. The van der Waals surface area contributed by atoms with Crippen LogP contribution in [0.2, 0.25) is 0 Å². The van der Waals surface area contributed by atoms with Crippen molar-refractivity contribution in [3.05, 3.63) is 102 Å². The van der Waals surface area contributed by atoms with Crippen LogP contribution in [0.15, 0.2) is 78.1 Å². The third-order valence-electron chi connectivity index (χ3n) is 9.60. The number of carbonyl (C=O) groups is 5. The number of amides is 5. The number of aliphatic carboxylic acids is 1. The van der Waals surface area contributed by atoms with E-state index in [0.717, 1.165) is 17.0 Å². The number of rotatable bonds is 11. The maximum absolute atomic E-state index is 15.2. The lowest BCUT2D eigenvalue weighted by Crippen LogP contribution is -2.41. The third-order valence-corrected chi connectivity index (χ3v) is 11.0. The fraction of sp³-hybridized carbons (Fsp3) is 0.270. The largest absolute Gasteiger partial charge is 0.480 e. The summed E-state index contributed by atoms with van der Waals surface area (Å²) in [7, 11) is -1.34. The number of carboxylic acids is 1. The van der Waals surface area contributed by atoms with Gasteiger partial charge in [-0.2, -0.15) is 0 Å². The number of halogens is 2. The van der Waals surface area contributed by atoms with Gasteiger partial charge >= 0.3 is 12.0 Å². The summed E-state index contributed by atoms with van der Waals surface area (Å²) in [5.41, 5.74) is -1.25. The summed E-state index contributed by atoms with van der Waals surface area (Å²) in [4.78, 5) is 77.0. The number of aryl methyl sites for hydroxylation is 1. The number of ether oxygens (including phenoxy) is 1. The van der Waals surface area contributed by atoms with E-state index in [0.29, 0.717) is 28.9 Å². The lowest BCUT2D eigenvalue weighted by atomic mass is 10.1. The number of pyridine rings is 2. The van der Waals surface area contributed by atoms with Gasteiger partial charge in [0.2, 0.25) is 0 Å². The molecule has 2 aliphatic rings. The monoisotopic (exact) mass is 806 g/mol. The third kappa shape index (κ3) is 7.94.